The largest absolute Gasteiger partial charge is 0.354 e. The highest BCUT2D eigenvalue weighted by molar-refractivity contribution is 7.92. The van der Waals surface area contributed by atoms with E-state index in [1.165, 1.54) is 17.0 Å². The Balaban J connectivity index is 2.04. The first kappa shape index (κ1) is 31.2. The van der Waals surface area contributed by atoms with Crippen molar-refractivity contribution < 1.29 is 18.0 Å². The fraction of sp³-hybridized carbons (Fsp3) is 0.355. The number of amides is 2. The Bertz CT molecular complexity index is 1440. The van der Waals surface area contributed by atoms with Gasteiger partial charge in [0, 0.05) is 18.1 Å². The third-order valence-corrected chi connectivity index (χ3v) is 8.65. The van der Waals surface area contributed by atoms with E-state index in [9.17, 15) is 18.0 Å². The van der Waals surface area contributed by atoms with E-state index in [4.69, 9.17) is 11.6 Å². The molecule has 3 aromatic carbocycles. The van der Waals surface area contributed by atoms with E-state index in [0.717, 1.165) is 21.0 Å². The zero-order valence-corrected chi connectivity index (χ0v) is 25.5. The van der Waals surface area contributed by atoms with E-state index in [0.29, 0.717) is 22.8 Å². The molecule has 0 fully saturated rings. The molecule has 7 nitrogen and oxygen atoms in total. The van der Waals surface area contributed by atoms with Crippen molar-refractivity contribution in [1.29, 1.82) is 0 Å². The SMILES string of the molecule is Cc1ccc(CN(C(=O)CN(c2ccc(Cl)cc2C)S(=O)(=O)c2ccc(C)cc2)[C@H](C)C(=O)NCC(C)C)cc1. The molecule has 1 N–H and O–H groups in total. The van der Waals surface area contributed by atoms with Gasteiger partial charge in [0.25, 0.3) is 10.0 Å². The summed E-state index contributed by atoms with van der Waals surface area (Å²) >= 11 is 6.17. The lowest BCUT2D eigenvalue weighted by Gasteiger charge is -2.32. The van der Waals surface area contributed by atoms with Crippen LogP contribution in [0.25, 0.3) is 0 Å². The Kier molecular flexibility index (Phi) is 10.4. The minimum atomic E-state index is -4.14. The Morgan fingerprint density at radius 3 is 2.00 bits per heavy atom. The van der Waals surface area contributed by atoms with Gasteiger partial charge >= 0.3 is 0 Å². The normalized spacial score (nSPS) is 12.2. The van der Waals surface area contributed by atoms with Crippen molar-refractivity contribution in [3.63, 3.8) is 0 Å². The summed E-state index contributed by atoms with van der Waals surface area (Å²) in [6, 6.07) is 18.2. The fourth-order valence-corrected chi connectivity index (χ4v) is 5.88. The minimum absolute atomic E-state index is 0.0630. The maximum absolute atomic E-state index is 14.0. The number of sulfonamides is 1. The zero-order valence-electron chi connectivity index (χ0n) is 23.9. The molecular weight excluding hydrogens is 546 g/mol. The quantitative estimate of drug-likeness (QED) is 0.316. The van der Waals surface area contributed by atoms with Crippen molar-refractivity contribution in [2.24, 2.45) is 5.92 Å². The number of aryl methyl sites for hydroxylation is 3. The summed E-state index contributed by atoms with van der Waals surface area (Å²) in [5.41, 5.74) is 3.75. The predicted molar refractivity (Wildman–Crippen MR) is 161 cm³/mol. The molecule has 0 spiro atoms. The molecule has 0 aliphatic heterocycles. The minimum Gasteiger partial charge on any atom is -0.354 e. The van der Waals surface area contributed by atoms with Crippen molar-refractivity contribution in [2.45, 2.75) is 59.0 Å². The van der Waals surface area contributed by atoms with E-state index in [-0.39, 0.29) is 23.3 Å². The standard InChI is InChI=1S/C31H38ClN3O4S/c1-21(2)18-33-31(37)25(6)34(19-26-11-7-22(3)8-12-26)30(36)20-35(29-16-13-27(32)17-24(29)5)40(38,39)28-14-9-23(4)10-15-28/h7-17,21,25H,18-20H2,1-6H3,(H,33,37)/t25-/m1/s1. The van der Waals surface area contributed by atoms with Crippen molar-refractivity contribution in [1.82, 2.24) is 10.2 Å². The first-order valence-corrected chi connectivity index (χ1v) is 15.1. The summed E-state index contributed by atoms with van der Waals surface area (Å²) in [4.78, 5) is 28.6. The van der Waals surface area contributed by atoms with Crippen LogP contribution >= 0.6 is 11.6 Å². The van der Waals surface area contributed by atoms with Gasteiger partial charge in [0.2, 0.25) is 11.8 Å². The first-order valence-electron chi connectivity index (χ1n) is 13.3. The highest BCUT2D eigenvalue weighted by Gasteiger charge is 2.33. The Labute approximate surface area is 243 Å². The number of carbonyl (C=O) groups is 2. The van der Waals surface area contributed by atoms with Gasteiger partial charge in [0.1, 0.15) is 12.6 Å². The smallest absolute Gasteiger partial charge is 0.264 e. The summed E-state index contributed by atoms with van der Waals surface area (Å²) in [7, 11) is -4.14. The van der Waals surface area contributed by atoms with Gasteiger partial charge in [-0.05, 0) is 75.1 Å². The molecule has 0 heterocycles. The van der Waals surface area contributed by atoms with E-state index >= 15 is 0 Å². The topological polar surface area (TPSA) is 86.8 Å². The second kappa shape index (κ2) is 13.3. The van der Waals surface area contributed by atoms with Crippen molar-refractivity contribution in [2.75, 3.05) is 17.4 Å². The molecule has 214 valence electrons. The van der Waals surface area contributed by atoms with Gasteiger partial charge in [-0.15, -0.1) is 0 Å². The van der Waals surface area contributed by atoms with Crippen LogP contribution < -0.4 is 9.62 Å². The van der Waals surface area contributed by atoms with Crippen LogP contribution in [0.4, 0.5) is 5.69 Å². The summed E-state index contributed by atoms with van der Waals surface area (Å²) in [6.45, 7) is 11.3. The molecule has 0 aromatic heterocycles. The summed E-state index contributed by atoms with van der Waals surface area (Å²) in [5.74, 6) is -0.567. The van der Waals surface area contributed by atoms with Gasteiger partial charge in [-0.2, -0.15) is 0 Å². The third-order valence-electron chi connectivity index (χ3n) is 6.64. The van der Waals surface area contributed by atoms with Gasteiger partial charge in [-0.3, -0.25) is 13.9 Å². The predicted octanol–water partition coefficient (Wildman–Crippen LogP) is 5.65. The number of carbonyl (C=O) groups excluding carboxylic acids is 2. The Morgan fingerprint density at radius 1 is 0.875 bits per heavy atom. The lowest BCUT2D eigenvalue weighted by Crippen LogP contribution is -2.51. The number of anilines is 1. The molecule has 0 unspecified atom stereocenters. The third kappa shape index (κ3) is 7.86. The van der Waals surface area contributed by atoms with E-state index in [2.05, 4.69) is 5.32 Å². The number of hydrogen-bond acceptors (Lipinski definition) is 4. The number of nitrogens with one attached hydrogen (secondary N) is 1. The molecule has 0 bridgehead atoms. The van der Waals surface area contributed by atoms with Crippen LogP contribution in [0.1, 0.15) is 43.0 Å². The van der Waals surface area contributed by atoms with Gasteiger partial charge in [-0.1, -0.05) is 73.0 Å². The molecule has 0 radical (unpaired) electrons. The van der Waals surface area contributed by atoms with Gasteiger partial charge in [-0.25, -0.2) is 8.42 Å². The summed E-state index contributed by atoms with van der Waals surface area (Å²) < 4.78 is 29.0. The lowest BCUT2D eigenvalue weighted by atomic mass is 10.1. The average Bonchev–Trinajstić information content (AvgIpc) is 2.90. The fourth-order valence-electron chi connectivity index (χ4n) is 4.17. The zero-order chi connectivity index (χ0) is 29.6. The lowest BCUT2D eigenvalue weighted by molar-refractivity contribution is -0.139. The Morgan fingerprint density at radius 2 is 1.45 bits per heavy atom. The van der Waals surface area contributed by atoms with Crippen LogP contribution in [-0.4, -0.2) is 44.3 Å². The van der Waals surface area contributed by atoms with Crippen molar-refractivity contribution in [3.8, 4) is 0 Å². The Hall–Kier alpha value is -3.36. The van der Waals surface area contributed by atoms with Crippen molar-refractivity contribution in [3.05, 3.63) is 94.0 Å². The van der Waals surface area contributed by atoms with Gasteiger partial charge < -0.3 is 10.2 Å². The van der Waals surface area contributed by atoms with Gasteiger partial charge in [0.15, 0.2) is 0 Å². The molecule has 0 aliphatic carbocycles. The van der Waals surface area contributed by atoms with E-state index in [1.54, 1.807) is 44.2 Å². The van der Waals surface area contributed by atoms with Crippen LogP contribution in [0.5, 0.6) is 0 Å². The maximum atomic E-state index is 14.0. The molecule has 40 heavy (non-hydrogen) atoms. The van der Waals surface area contributed by atoms with Crippen LogP contribution in [-0.2, 0) is 26.2 Å². The monoisotopic (exact) mass is 583 g/mol. The molecule has 1 atom stereocenters. The number of halogens is 1. The number of rotatable bonds is 11. The van der Waals surface area contributed by atoms with Crippen LogP contribution in [0, 0.1) is 26.7 Å². The molecule has 2 amide bonds. The second-order valence-electron chi connectivity index (χ2n) is 10.6. The van der Waals surface area contributed by atoms with Crippen LogP contribution in [0.2, 0.25) is 5.02 Å². The van der Waals surface area contributed by atoms with Gasteiger partial charge in [0.05, 0.1) is 10.6 Å². The molecule has 9 heteroatoms. The van der Waals surface area contributed by atoms with E-state index in [1.807, 2.05) is 52.0 Å². The maximum Gasteiger partial charge on any atom is 0.264 e. The molecular formula is C31H38ClN3O4S. The number of nitrogens with zero attached hydrogens (tertiary/aromatic N) is 2. The molecule has 0 saturated carbocycles. The molecule has 3 rings (SSSR count). The summed E-state index contributed by atoms with van der Waals surface area (Å²) in [5, 5.41) is 3.35. The number of benzene rings is 3. The van der Waals surface area contributed by atoms with Crippen LogP contribution in [0.15, 0.2) is 71.6 Å². The average molecular weight is 584 g/mol. The number of hydrogen-bond donors (Lipinski definition) is 1. The van der Waals surface area contributed by atoms with E-state index < -0.39 is 28.5 Å². The molecule has 3 aromatic rings. The van der Waals surface area contributed by atoms with Crippen LogP contribution in [0.3, 0.4) is 0 Å². The first-order chi connectivity index (χ1) is 18.8. The highest BCUT2D eigenvalue weighted by atomic mass is 35.5. The highest BCUT2D eigenvalue weighted by Crippen LogP contribution is 2.29. The molecule has 0 saturated heterocycles. The second-order valence-corrected chi connectivity index (χ2v) is 12.9. The van der Waals surface area contributed by atoms with Crippen molar-refractivity contribution >= 4 is 39.1 Å². The summed E-state index contributed by atoms with van der Waals surface area (Å²) in [6.07, 6.45) is 0. The molecule has 0 aliphatic rings.